The van der Waals surface area contributed by atoms with Gasteiger partial charge in [-0.1, -0.05) is 0 Å². The van der Waals surface area contributed by atoms with Crippen molar-refractivity contribution >= 4 is 17.7 Å². The summed E-state index contributed by atoms with van der Waals surface area (Å²) in [5.74, 6) is -0.916. The summed E-state index contributed by atoms with van der Waals surface area (Å²) in [4.78, 5) is 24.2. The summed E-state index contributed by atoms with van der Waals surface area (Å²) in [6.45, 7) is 0.493. The first kappa shape index (κ1) is 16.8. The van der Waals surface area contributed by atoms with E-state index >= 15 is 0 Å². The van der Waals surface area contributed by atoms with Crippen molar-refractivity contribution in [3.05, 3.63) is 17.8 Å². The molecule has 1 heterocycles. The molecule has 0 bridgehead atoms. The summed E-state index contributed by atoms with van der Waals surface area (Å²) in [7, 11) is 4.80. The van der Waals surface area contributed by atoms with Crippen LogP contribution in [0.15, 0.2) is 12.1 Å². The van der Waals surface area contributed by atoms with Gasteiger partial charge >= 0.3 is 5.97 Å². The molecule has 0 aliphatic rings. The average molecular weight is 296 g/mol. The fraction of sp³-hybridized carbons (Fsp3) is 0.538. The van der Waals surface area contributed by atoms with Crippen LogP contribution in [-0.4, -0.2) is 65.9 Å². The summed E-state index contributed by atoms with van der Waals surface area (Å²) < 4.78 is 4.90. The number of anilines is 1. The van der Waals surface area contributed by atoms with Crippen LogP contribution in [0, 0.1) is 0 Å². The Bertz CT molecular complexity index is 476. The Kier molecular flexibility index (Phi) is 6.54. The lowest BCUT2D eigenvalue weighted by atomic mass is 10.1. The van der Waals surface area contributed by atoms with Gasteiger partial charge in [-0.05, 0) is 25.0 Å². The number of aromatic nitrogens is 2. The highest BCUT2D eigenvalue weighted by atomic mass is 16.5. The van der Waals surface area contributed by atoms with E-state index in [1.807, 2.05) is 0 Å². The van der Waals surface area contributed by atoms with E-state index < -0.39 is 12.0 Å². The standard InChI is InChI=1S/C13H20N4O4/c1-17(2)12(18)9-6-7-11(16-15-9)14-10(13(19)20)5-4-8-21-3/h6-7,10H,4-5,8H2,1-3H3,(H,14,16)(H,19,20). The summed E-state index contributed by atoms with van der Waals surface area (Å²) in [5, 5.41) is 19.5. The van der Waals surface area contributed by atoms with Crippen LogP contribution in [0.5, 0.6) is 0 Å². The number of methoxy groups -OCH3 is 1. The van der Waals surface area contributed by atoms with Crippen LogP contribution >= 0.6 is 0 Å². The summed E-state index contributed by atoms with van der Waals surface area (Å²) in [5.41, 5.74) is 0.205. The Morgan fingerprint density at radius 1 is 1.38 bits per heavy atom. The number of carboxylic acids is 1. The molecular formula is C13H20N4O4. The predicted molar refractivity (Wildman–Crippen MR) is 76.2 cm³/mol. The van der Waals surface area contributed by atoms with E-state index in [0.29, 0.717) is 25.3 Å². The molecular weight excluding hydrogens is 276 g/mol. The van der Waals surface area contributed by atoms with Gasteiger partial charge in [-0.2, -0.15) is 0 Å². The first-order valence-corrected chi connectivity index (χ1v) is 6.49. The molecule has 1 aromatic heterocycles. The smallest absolute Gasteiger partial charge is 0.326 e. The lowest BCUT2D eigenvalue weighted by molar-refractivity contribution is -0.138. The zero-order chi connectivity index (χ0) is 15.8. The van der Waals surface area contributed by atoms with Gasteiger partial charge in [-0.25, -0.2) is 4.79 Å². The van der Waals surface area contributed by atoms with Gasteiger partial charge in [0.1, 0.15) is 11.9 Å². The zero-order valence-electron chi connectivity index (χ0n) is 12.4. The Hall–Kier alpha value is -2.22. The van der Waals surface area contributed by atoms with Crippen molar-refractivity contribution in [2.24, 2.45) is 0 Å². The number of carboxylic acid groups (broad SMARTS) is 1. The van der Waals surface area contributed by atoms with Gasteiger partial charge in [0, 0.05) is 27.8 Å². The number of ether oxygens (including phenoxy) is 1. The van der Waals surface area contributed by atoms with Gasteiger partial charge in [0.2, 0.25) is 0 Å². The minimum absolute atomic E-state index is 0.205. The lowest BCUT2D eigenvalue weighted by Gasteiger charge is -2.15. The molecule has 116 valence electrons. The molecule has 0 saturated carbocycles. The van der Waals surface area contributed by atoms with Crippen molar-refractivity contribution < 1.29 is 19.4 Å². The van der Waals surface area contributed by atoms with Gasteiger partial charge in [0.15, 0.2) is 5.69 Å². The lowest BCUT2D eigenvalue weighted by Crippen LogP contribution is -2.30. The minimum atomic E-state index is -0.971. The van der Waals surface area contributed by atoms with Gasteiger partial charge in [0.05, 0.1) is 0 Å². The second-order valence-electron chi connectivity index (χ2n) is 4.67. The second kappa shape index (κ2) is 8.15. The molecule has 0 aromatic carbocycles. The maximum Gasteiger partial charge on any atom is 0.326 e. The molecule has 2 N–H and O–H groups in total. The Morgan fingerprint density at radius 2 is 2.10 bits per heavy atom. The number of carbonyl (C=O) groups is 2. The molecule has 1 amide bonds. The van der Waals surface area contributed by atoms with Crippen LogP contribution in [0.25, 0.3) is 0 Å². The number of amides is 1. The molecule has 0 fully saturated rings. The van der Waals surface area contributed by atoms with Gasteiger partial charge in [-0.3, -0.25) is 4.79 Å². The van der Waals surface area contributed by atoms with Gasteiger partial charge < -0.3 is 20.1 Å². The number of rotatable bonds is 8. The molecule has 1 aromatic rings. The zero-order valence-corrected chi connectivity index (χ0v) is 12.4. The molecule has 0 saturated heterocycles. The number of nitrogens with zero attached hydrogens (tertiary/aromatic N) is 3. The summed E-state index contributed by atoms with van der Waals surface area (Å²) >= 11 is 0. The van der Waals surface area contributed by atoms with Crippen molar-refractivity contribution in [3.63, 3.8) is 0 Å². The van der Waals surface area contributed by atoms with Crippen molar-refractivity contribution in [3.8, 4) is 0 Å². The quantitative estimate of drug-likeness (QED) is 0.672. The number of hydrogen-bond donors (Lipinski definition) is 2. The van der Waals surface area contributed by atoms with Crippen molar-refractivity contribution in [1.29, 1.82) is 0 Å². The molecule has 0 radical (unpaired) electrons. The third-order valence-corrected chi connectivity index (χ3v) is 2.75. The van der Waals surface area contributed by atoms with Crippen LogP contribution in [0.2, 0.25) is 0 Å². The van der Waals surface area contributed by atoms with E-state index in [4.69, 9.17) is 9.84 Å². The molecule has 1 atom stereocenters. The van der Waals surface area contributed by atoms with Crippen molar-refractivity contribution in [2.75, 3.05) is 33.1 Å². The molecule has 1 unspecified atom stereocenters. The van der Waals surface area contributed by atoms with Crippen LogP contribution in [0.4, 0.5) is 5.82 Å². The summed E-state index contributed by atoms with van der Waals surface area (Å²) in [6.07, 6.45) is 1.02. The maximum absolute atomic E-state index is 11.7. The molecule has 1 rings (SSSR count). The van der Waals surface area contributed by atoms with Crippen LogP contribution < -0.4 is 5.32 Å². The topological polar surface area (TPSA) is 105 Å². The Morgan fingerprint density at radius 3 is 2.57 bits per heavy atom. The van der Waals surface area contributed by atoms with E-state index in [-0.39, 0.29) is 11.6 Å². The third-order valence-electron chi connectivity index (χ3n) is 2.75. The normalized spacial score (nSPS) is 11.8. The van der Waals surface area contributed by atoms with Crippen LogP contribution in [0.1, 0.15) is 23.3 Å². The van der Waals surface area contributed by atoms with Crippen LogP contribution in [-0.2, 0) is 9.53 Å². The van der Waals surface area contributed by atoms with Gasteiger partial charge in [0.25, 0.3) is 5.91 Å². The molecule has 8 heteroatoms. The maximum atomic E-state index is 11.7. The SMILES string of the molecule is COCCCC(Nc1ccc(C(=O)N(C)C)nn1)C(=O)O. The van der Waals surface area contributed by atoms with E-state index in [1.165, 1.54) is 17.0 Å². The Balaban J connectivity index is 2.67. The number of hydrogen-bond acceptors (Lipinski definition) is 6. The highest BCUT2D eigenvalue weighted by Crippen LogP contribution is 2.09. The van der Waals surface area contributed by atoms with Crippen LogP contribution in [0.3, 0.4) is 0 Å². The van der Waals surface area contributed by atoms with E-state index in [0.717, 1.165) is 0 Å². The number of nitrogens with one attached hydrogen (secondary N) is 1. The Labute approximate surface area is 123 Å². The summed E-state index contributed by atoms with van der Waals surface area (Å²) in [6, 6.07) is 2.27. The molecule has 0 spiro atoms. The van der Waals surface area contributed by atoms with E-state index in [2.05, 4.69) is 15.5 Å². The molecule has 8 nitrogen and oxygen atoms in total. The highest BCUT2D eigenvalue weighted by molar-refractivity contribution is 5.91. The predicted octanol–water partition coefficient (Wildman–Crippen LogP) is 0.470. The van der Waals surface area contributed by atoms with Crippen molar-refractivity contribution in [1.82, 2.24) is 15.1 Å². The first-order valence-electron chi connectivity index (χ1n) is 6.49. The first-order chi connectivity index (χ1) is 9.95. The van der Waals surface area contributed by atoms with E-state index in [1.54, 1.807) is 21.2 Å². The second-order valence-corrected chi connectivity index (χ2v) is 4.67. The third kappa shape index (κ3) is 5.35. The fourth-order valence-corrected chi connectivity index (χ4v) is 1.62. The fourth-order valence-electron chi connectivity index (χ4n) is 1.62. The van der Waals surface area contributed by atoms with E-state index in [9.17, 15) is 9.59 Å². The van der Waals surface area contributed by atoms with Crippen molar-refractivity contribution in [2.45, 2.75) is 18.9 Å². The number of carbonyl (C=O) groups excluding carboxylic acids is 1. The highest BCUT2D eigenvalue weighted by Gasteiger charge is 2.18. The van der Waals surface area contributed by atoms with Gasteiger partial charge in [-0.15, -0.1) is 10.2 Å². The molecule has 0 aliphatic carbocycles. The minimum Gasteiger partial charge on any atom is -0.480 e. The largest absolute Gasteiger partial charge is 0.480 e. The molecule has 21 heavy (non-hydrogen) atoms. The molecule has 0 aliphatic heterocycles. The average Bonchev–Trinajstić information content (AvgIpc) is 2.46. The number of aliphatic carboxylic acids is 1. The monoisotopic (exact) mass is 296 g/mol.